The highest BCUT2D eigenvalue weighted by Gasteiger charge is 2.35. The molecule has 0 fully saturated rings. The van der Waals surface area contributed by atoms with E-state index in [1.165, 1.54) is 19.2 Å². The summed E-state index contributed by atoms with van der Waals surface area (Å²) < 4.78 is 5.18. The van der Waals surface area contributed by atoms with Gasteiger partial charge in [0.25, 0.3) is 0 Å². The first-order chi connectivity index (χ1) is 9.82. The Morgan fingerprint density at radius 2 is 1.90 bits per heavy atom. The number of ether oxygens (including phenoxy) is 1. The maximum absolute atomic E-state index is 12.2. The van der Waals surface area contributed by atoms with Gasteiger partial charge in [0, 0.05) is 18.9 Å². The number of aromatic hydroxyl groups is 2. The van der Waals surface area contributed by atoms with Gasteiger partial charge in [-0.3, -0.25) is 4.79 Å². The Balaban J connectivity index is 2.38. The molecular weight excluding hydrogens is 272 g/mol. The second-order valence-corrected chi connectivity index (χ2v) is 5.78. The fourth-order valence-corrected chi connectivity index (χ4v) is 3.04. The lowest BCUT2D eigenvalue weighted by Gasteiger charge is -2.29. The summed E-state index contributed by atoms with van der Waals surface area (Å²) in [7, 11) is 1.43. The van der Waals surface area contributed by atoms with E-state index in [4.69, 9.17) is 4.74 Å². The van der Waals surface area contributed by atoms with Crippen LogP contribution in [0.15, 0.2) is 18.2 Å². The molecule has 0 radical (unpaired) electrons. The first kappa shape index (κ1) is 13.7. The standard InChI is InChI=1S/C16H16O5/c1-16(20)6-9-3-8-4-10(17)5-12(21-2)14(8)15(19)13(9)11(18)7-16/h3-5,17,19-20H,6-7H2,1-2H3. The van der Waals surface area contributed by atoms with Gasteiger partial charge in [0.2, 0.25) is 0 Å². The SMILES string of the molecule is COc1cc(O)cc2cc3c(c(O)c12)C(=O)CC(C)(O)C3. The molecule has 1 aliphatic rings. The number of ketones is 1. The first-order valence-electron chi connectivity index (χ1n) is 6.63. The maximum Gasteiger partial charge on any atom is 0.169 e. The average Bonchev–Trinajstić information content (AvgIpc) is 2.34. The predicted octanol–water partition coefficient (Wildman–Crippen LogP) is 2.14. The molecular formula is C16H16O5. The van der Waals surface area contributed by atoms with E-state index in [-0.39, 0.29) is 35.7 Å². The Morgan fingerprint density at radius 1 is 1.19 bits per heavy atom. The van der Waals surface area contributed by atoms with E-state index >= 15 is 0 Å². The molecule has 1 unspecified atom stereocenters. The van der Waals surface area contributed by atoms with Crippen molar-refractivity contribution in [1.29, 1.82) is 0 Å². The molecule has 0 aliphatic heterocycles. The van der Waals surface area contributed by atoms with Gasteiger partial charge < -0.3 is 20.1 Å². The highest BCUT2D eigenvalue weighted by atomic mass is 16.5. The Kier molecular flexibility index (Phi) is 2.85. The molecule has 2 aromatic rings. The summed E-state index contributed by atoms with van der Waals surface area (Å²) in [6.07, 6.45) is 0.245. The predicted molar refractivity (Wildman–Crippen MR) is 77.1 cm³/mol. The third-order valence-electron chi connectivity index (χ3n) is 3.85. The number of methoxy groups -OCH3 is 1. The van der Waals surface area contributed by atoms with Gasteiger partial charge in [-0.05, 0) is 30.0 Å². The Labute approximate surface area is 121 Å². The zero-order chi connectivity index (χ0) is 15.4. The third-order valence-corrected chi connectivity index (χ3v) is 3.85. The van der Waals surface area contributed by atoms with E-state index < -0.39 is 5.60 Å². The number of aliphatic hydroxyl groups is 1. The number of phenols is 2. The molecule has 3 rings (SSSR count). The summed E-state index contributed by atoms with van der Waals surface area (Å²) in [4.78, 5) is 12.2. The fourth-order valence-electron chi connectivity index (χ4n) is 3.04. The minimum Gasteiger partial charge on any atom is -0.508 e. The average molecular weight is 288 g/mol. The number of hydrogen-bond donors (Lipinski definition) is 3. The number of phenolic OH excluding ortho intramolecular Hbond substituents is 2. The second kappa shape index (κ2) is 4.36. The summed E-state index contributed by atoms with van der Waals surface area (Å²) >= 11 is 0. The summed E-state index contributed by atoms with van der Waals surface area (Å²) in [5, 5.41) is 31.3. The smallest absolute Gasteiger partial charge is 0.169 e. The minimum absolute atomic E-state index is 0.00703. The van der Waals surface area contributed by atoms with Crippen molar-refractivity contribution in [2.24, 2.45) is 0 Å². The van der Waals surface area contributed by atoms with E-state index in [9.17, 15) is 20.1 Å². The van der Waals surface area contributed by atoms with Crippen molar-refractivity contribution < 1.29 is 24.9 Å². The van der Waals surface area contributed by atoms with E-state index in [0.717, 1.165) is 0 Å². The molecule has 21 heavy (non-hydrogen) atoms. The maximum atomic E-state index is 12.2. The van der Waals surface area contributed by atoms with Crippen molar-refractivity contribution in [3.8, 4) is 17.2 Å². The zero-order valence-electron chi connectivity index (χ0n) is 11.8. The molecule has 0 amide bonds. The summed E-state index contributed by atoms with van der Waals surface area (Å²) in [6.45, 7) is 1.60. The van der Waals surface area contributed by atoms with Crippen molar-refractivity contribution in [3.63, 3.8) is 0 Å². The van der Waals surface area contributed by atoms with E-state index in [0.29, 0.717) is 22.1 Å². The molecule has 0 bridgehead atoms. The number of fused-ring (bicyclic) bond motifs is 2. The highest BCUT2D eigenvalue weighted by Crippen LogP contribution is 2.43. The van der Waals surface area contributed by atoms with Crippen LogP contribution in [0.2, 0.25) is 0 Å². The Hall–Kier alpha value is -2.27. The number of carbonyl (C=O) groups excluding carboxylic acids is 1. The van der Waals surface area contributed by atoms with Crippen LogP contribution < -0.4 is 4.74 Å². The number of rotatable bonds is 1. The van der Waals surface area contributed by atoms with E-state index in [2.05, 4.69) is 0 Å². The molecule has 5 nitrogen and oxygen atoms in total. The molecule has 110 valence electrons. The van der Waals surface area contributed by atoms with Crippen LogP contribution in [0.3, 0.4) is 0 Å². The lowest BCUT2D eigenvalue weighted by Crippen LogP contribution is -2.35. The molecule has 0 heterocycles. The molecule has 3 N–H and O–H groups in total. The molecule has 0 spiro atoms. The van der Waals surface area contributed by atoms with Gasteiger partial charge in [-0.15, -0.1) is 0 Å². The number of hydrogen-bond acceptors (Lipinski definition) is 5. The van der Waals surface area contributed by atoms with Gasteiger partial charge in [-0.1, -0.05) is 0 Å². The van der Waals surface area contributed by atoms with Crippen LogP contribution in [0.5, 0.6) is 17.2 Å². The summed E-state index contributed by atoms with van der Waals surface area (Å²) in [6, 6.07) is 4.59. The van der Waals surface area contributed by atoms with Crippen LogP contribution in [-0.4, -0.2) is 33.8 Å². The van der Waals surface area contributed by atoms with Crippen molar-refractivity contribution in [2.45, 2.75) is 25.4 Å². The zero-order valence-corrected chi connectivity index (χ0v) is 11.8. The van der Waals surface area contributed by atoms with Crippen LogP contribution in [-0.2, 0) is 6.42 Å². The van der Waals surface area contributed by atoms with Crippen LogP contribution in [0.1, 0.15) is 29.3 Å². The first-order valence-corrected chi connectivity index (χ1v) is 6.63. The van der Waals surface area contributed by atoms with Gasteiger partial charge in [-0.2, -0.15) is 0 Å². The van der Waals surface area contributed by atoms with Crippen molar-refractivity contribution in [1.82, 2.24) is 0 Å². The van der Waals surface area contributed by atoms with Gasteiger partial charge in [0.05, 0.1) is 23.7 Å². The minimum atomic E-state index is -1.12. The quantitative estimate of drug-likeness (QED) is 0.748. The number of benzene rings is 2. The molecule has 0 saturated carbocycles. The van der Waals surface area contributed by atoms with Gasteiger partial charge >= 0.3 is 0 Å². The summed E-state index contributed by atoms with van der Waals surface area (Å²) in [5.41, 5.74) is -0.308. The molecule has 2 aromatic carbocycles. The fraction of sp³-hybridized carbons (Fsp3) is 0.312. The summed E-state index contributed by atoms with van der Waals surface area (Å²) in [5.74, 6) is -0.140. The Morgan fingerprint density at radius 3 is 2.57 bits per heavy atom. The van der Waals surface area contributed by atoms with E-state index in [1.54, 1.807) is 13.0 Å². The highest BCUT2D eigenvalue weighted by molar-refractivity contribution is 6.09. The largest absolute Gasteiger partial charge is 0.508 e. The molecule has 1 atom stereocenters. The number of carbonyl (C=O) groups is 1. The van der Waals surface area contributed by atoms with Gasteiger partial charge in [0.15, 0.2) is 5.78 Å². The van der Waals surface area contributed by atoms with Crippen LogP contribution in [0, 0.1) is 0 Å². The topological polar surface area (TPSA) is 87.0 Å². The van der Waals surface area contributed by atoms with Gasteiger partial charge in [0.1, 0.15) is 17.2 Å². The molecule has 0 aromatic heterocycles. The van der Waals surface area contributed by atoms with Crippen molar-refractivity contribution >= 4 is 16.6 Å². The van der Waals surface area contributed by atoms with Crippen LogP contribution >= 0.6 is 0 Å². The van der Waals surface area contributed by atoms with Crippen LogP contribution in [0.25, 0.3) is 10.8 Å². The lowest BCUT2D eigenvalue weighted by molar-refractivity contribution is 0.0409. The van der Waals surface area contributed by atoms with E-state index in [1.807, 2.05) is 0 Å². The van der Waals surface area contributed by atoms with Crippen molar-refractivity contribution in [2.75, 3.05) is 7.11 Å². The molecule has 1 aliphatic carbocycles. The lowest BCUT2D eigenvalue weighted by atomic mass is 9.79. The monoisotopic (exact) mass is 288 g/mol. The third kappa shape index (κ3) is 2.10. The second-order valence-electron chi connectivity index (χ2n) is 5.78. The number of Topliss-reactive ketones (excluding diaryl/α,β-unsaturated/α-hetero) is 1. The Bertz CT molecular complexity index is 761. The van der Waals surface area contributed by atoms with Gasteiger partial charge in [-0.25, -0.2) is 0 Å². The normalized spacial score (nSPS) is 21.4. The van der Waals surface area contributed by atoms with Crippen molar-refractivity contribution in [3.05, 3.63) is 29.3 Å². The van der Waals surface area contributed by atoms with Crippen LogP contribution in [0.4, 0.5) is 0 Å². The molecule has 5 heteroatoms. The molecule has 0 saturated heterocycles.